The molecule has 0 heterocycles. The molecule has 0 aliphatic heterocycles. The number of benzene rings is 2. The van der Waals surface area contributed by atoms with Crippen molar-refractivity contribution < 1.29 is 44.0 Å². The van der Waals surface area contributed by atoms with E-state index in [1.165, 1.54) is 27.1 Å². The van der Waals surface area contributed by atoms with Gasteiger partial charge in [-0.3, -0.25) is 0 Å². The smallest absolute Gasteiger partial charge is 0.0771 e. The average molecular weight is 463 g/mol. The van der Waals surface area contributed by atoms with Gasteiger partial charge in [-0.2, -0.15) is 23.8 Å². The van der Waals surface area contributed by atoms with Crippen LogP contribution < -0.4 is 24.8 Å². The molecule has 0 N–H and O–H groups in total. The first-order chi connectivity index (χ1) is 12.3. The Kier molecular flexibility index (Phi) is 12.3. The molecular formula is C24H28Cl2SiTi-2. The second-order valence-corrected chi connectivity index (χ2v) is 14.4. The number of halogens is 2. The summed E-state index contributed by atoms with van der Waals surface area (Å²) < 4.78 is 0. The van der Waals surface area contributed by atoms with Gasteiger partial charge < -0.3 is 24.8 Å². The van der Waals surface area contributed by atoms with E-state index in [0.717, 1.165) is 0 Å². The van der Waals surface area contributed by atoms with Crippen molar-refractivity contribution in [2.75, 3.05) is 0 Å². The first-order valence-electron chi connectivity index (χ1n) is 9.06. The zero-order valence-electron chi connectivity index (χ0n) is 17.3. The zero-order chi connectivity index (χ0) is 19.2. The Balaban J connectivity index is 0.000000432. The van der Waals surface area contributed by atoms with E-state index in [4.69, 9.17) is 0 Å². The van der Waals surface area contributed by atoms with Gasteiger partial charge in [0.15, 0.2) is 0 Å². The average Bonchev–Trinajstić information content (AvgIpc) is 3.22. The first kappa shape index (κ1) is 27.2. The van der Waals surface area contributed by atoms with Crippen molar-refractivity contribution >= 4 is 27.7 Å². The van der Waals surface area contributed by atoms with Crippen LogP contribution in [0.5, 0.6) is 0 Å². The molecule has 0 spiro atoms. The Morgan fingerprint density at radius 1 is 0.786 bits per heavy atom. The van der Waals surface area contributed by atoms with Gasteiger partial charge in [0.1, 0.15) is 0 Å². The van der Waals surface area contributed by atoms with E-state index < -0.39 is 0 Å². The summed E-state index contributed by atoms with van der Waals surface area (Å²) in [5, 5.41) is 5.39. The third-order valence-corrected chi connectivity index (χ3v) is 4.05. The van der Waals surface area contributed by atoms with Crippen molar-refractivity contribution in [1.82, 2.24) is 0 Å². The molecule has 0 aromatic heterocycles. The predicted molar refractivity (Wildman–Crippen MR) is 115 cm³/mol. The molecule has 0 radical (unpaired) electrons. The molecule has 0 saturated carbocycles. The quantitative estimate of drug-likeness (QED) is 0.272. The van der Waals surface area contributed by atoms with Crippen molar-refractivity contribution in [3.05, 3.63) is 84.4 Å². The van der Waals surface area contributed by atoms with Gasteiger partial charge in [-0.1, -0.05) is 62.6 Å². The summed E-state index contributed by atoms with van der Waals surface area (Å²) in [4.78, 5) is 0. The van der Waals surface area contributed by atoms with E-state index in [-0.39, 0.29) is 31.0 Å². The minimum absolute atomic E-state index is 0. The molecule has 0 amide bonds. The second-order valence-electron chi connectivity index (χ2n) is 7.74. The maximum absolute atomic E-state index is 2.27. The van der Waals surface area contributed by atoms with Crippen LogP contribution >= 0.6 is 0 Å². The van der Waals surface area contributed by atoms with Crippen LogP contribution in [0.4, 0.5) is 0 Å². The monoisotopic (exact) mass is 462 g/mol. The van der Waals surface area contributed by atoms with Crippen LogP contribution in [-0.2, 0) is 24.6 Å². The van der Waals surface area contributed by atoms with E-state index >= 15 is 0 Å². The van der Waals surface area contributed by atoms with Crippen LogP contribution in [0.3, 0.4) is 0 Å². The zero-order valence-corrected chi connectivity index (χ0v) is 21.3. The van der Waals surface area contributed by atoms with Crippen LogP contribution in [0.25, 0.3) is 21.5 Å². The van der Waals surface area contributed by atoms with Gasteiger partial charge in [-0.15, -0.1) is 39.7 Å². The molecule has 0 fully saturated rings. The summed E-state index contributed by atoms with van der Waals surface area (Å²) in [6.45, 7) is 11.2. The standard InChI is InChI=1S/C13H9.C9H13.C2H6Si.2ClH.Ti/c1-3-7-12-10(5-1)9-11-6-2-4-8-13(11)12;1-9(2,3)8-6-4-5-7-8;1-3-2;;;/h1-9H;4-7H,1-3H3;1-2H3;2*1H;/q2*-1;;;;+2/p-2. The Labute approximate surface area is 194 Å². The largest absolute Gasteiger partial charge is 1.00 e. The maximum Gasteiger partial charge on any atom is -0.0771 e. The van der Waals surface area contributed by atoms with Crippen molar-refractivity contribution in [2.24, 2.45) is 0 Å². The molecule has 4 rings (SSSR count). The van der Waals surface area contributed by atoms with Gasteiger partial charge >= 0.3 is 38.5 Å². The Morgan fingerprint density at radius 2 is 1.21 bits per heavy atom. The molecule has 4 aromatic carbocycles. The van der Waals surface area contributed by atoms with Crippen molar-refractivity contribution in [1.29, 1.82) is 0 Å². The summed E-state index contributed by atoms with van der Waals surface area (Å²) >= 11 is 2.27. The van der Waals surface area contributed by atoms with Gasteiger partial charge in [0, 0.05) is 0 Å². The van der Waals surface area contributed by atoms with Gasteiger partial charge in [0.05, 0.1) is 0 Å². The Bertz CT molecular complexity index is 909. The molecule has 28 heavy (non-hydrogen) atoms. The van der Waals surface area contributed by atoms with Crippen LogP contribution in [0, 0.1) is 0 Å². The molecule has 0 atom stereocenters. The molecular weight excluding hydrogens is 435 g/mol. The summed E-state index contributed by atoms with van der Waals surface area (Å²) in [5.74, 6) is 0. The molecule has 0 bridgehead atoms. The first-order valence-corrected chi connectivity index (χ1v) is 13.9. The van der Waals surface area contributed by atoms with Crippen LogP contribution in [0.1, 0.15) is 26.3 Å². The normalized spacial score (nSPS) is 9.96. The molecule has 148 valence electrons. The number of hydrogen-bond donors (Lipinski definition) is 0. The van der Waals surface area contributed by atoms with Crippen molar-refractivity contribution in [3.63, 3.8) is 0 Å². The fraction of sp³-hybridized carbons (Fsp3) is 0.250. The fourth-order valence-corrected chi connectivity index (χ4v) is 2.78. The molecule has 0 aliphatic carbocycles. The Hall–Kier alpha value is -0.829. The summed E-state index contributed by atoms with van der Waals surface area (Å²) in [6.07, 6.45) is 0.120. The van der Waals surface area contributed by atoms with Crippen molar-refractivity contribution in [2.45, 2.75) is 39.3 Å². The van der Waals surface area contributed by atoms with E-state index in [0.29, 0.717) is 5.41 Å². The molecule has 4 heteroatoms. The third-order valence-electron chi connectivity index (χ3n) is 4.05. The third kappa shape index (κ3) is 8.27. The molecule has 0 nitrogen and oxygen atoms in total. The molecule has 0 aliphatic rings. The number of fused-ring (bicyclic) bond motifs is 3. The predicted octanol–water partition coefficient (Wildman–Crippen LogP) is 1.21. The van der Waals surface area contributed by atoms with E-state index in [1.807, 2.05) is 0 Å². The van der Waals surface area contributed by atoms with Gasteiger partial charge in [-0.25, -0.2) is 6.07 Å². The second kappa shape index (κ2) is 12.7. The van der Waals surface area contributed by atoms with Gasteiger partial charge in [0.2, 0.25) is 0 Å². The summed E-state index contributed by atoms with van der Waals surface area (Å²) in [6, 6.07) is 27.8. The van der Waals surface area contributed by atoms with Crippen LogP contribution in [-0.4, -0.2) is 6.19 Å². The number of hydrogen-bond acceptors (Lipinski definition) is 0. The van der Waals surface area contributed by atoms with E-state index in [1.54, 1.807) is 0 Å². The summed E-state index contributed by atoms with van der Waals surface area (Å²) in [5.41, 5.74) is 1.74. The van der Waals surface area contributed by atoms with Crippen LogP contribution in [0.15, 0.2) is 78.9 Å². The molecule has 0 saturated heterocycles. The minimum atomic E-state index is 0. The van der Waals surface area contributed by atoms with Gasteiger partial charge in [-0.05, 0) is 0 Å². The summed E-state index contributed by atoms with van der Waals surface area (Å²) in [7, 11) is 0. The molecule has 0 unspecified atom stereocenters. The minimum Gasteiger partial charge on any atom is -1.00 e. The van der Waals surface area contributed by atoms with E-state index in [2.05, 4.69) is 132 Å². The van der Waals surface area contributed by atoms with Gasteiger partial charge in [0.25, 0.3) is 0 Å². The fourth-order valence-electron chi connectivity index (χ4n) is 2.78. The number of rotatable bonds is 0. The van der Waals surface area contributed by atoms with E-state index in [9.17, 15) is 0 Å². The Morgan fingerprint density at radius 3 is 1.54 bits per heavy atom. The maximum atomic E-state index is 2.27. The molecule has 4 aromatic rings. The SMILES string of the molecule is CC(C)(C)c1cc[cH-]c1.C[Si](C)=[Ti+2].[Cl-].[Cl-].c1ccc2c(c1)[cH-]c1ccccc12. The topological polar surface area (TPSA) is 0 Å². The van der Waals surface area contributed by atoms with Crippen LogP contribution in [0.2, 0.25) is 13.1 Å². The van der Waals surface area contributed by atoms with Crippen molar-refractivity contribution in [3.8, 4) is 0 Å².